The third kappa shape index (κ3) is 8.46. The van der Waals surface area contributed by atoms with E-state index in [4.69, 9.17) is 18.3 Å². The third-order valence-electron chi connectivity index (χ3n) is 8.99. The van der Waals surface area contributed by atoms with Gasteiger partial charge in [-0.1, -0.05) is 92.7 Å². The summed E-state index contributed by atoms with van der Waals surface area (Å²) in [6.45, 7) is 33.1. The molecule has 1 heterocycles. The quantitative estimate of drug-likeness (QED) is 0.135. The molecule has 2 atom stereocenters. The normalized spacial score (nSPS) is 18.1. The summed E-state index contributed by atoms with van der Waals surface area (Å²) in [5.41, 5.74) is 3.91. The van der Waals surface area contributed by atoms with E-state index in [-0.39, 0.29) is 23.2 Å². The molecule has 2 rings (SSSR count). The lowest BCUT2D eigenvalue weighted by Gasteiger charge is -2.44. The van der Waals surface area contributed by atoms with Crippen LogP contribution < -0.4 is 4.74 Å². The minimum Gasteiger partial charge on any atom is -0.452 e. The summed E-state index contributed by atoms with van der Waals surface area (Å²) in [5, 5.41) is 0.144. The Labute approximate surface area is 253 Å². The van der Waals surface area contributed by atoms with Crippen LogP contribution in [0.1, 0.15) is 106 Å². The molecule has 0 aromatic heterocycles. The summed E-state index contributed by atoms with van der Waals surface area (Å²) in [6, 6.07) is 5.75. The van der Waals surface area contributed by atoms with Crippen LogP contribution in [0.15, 0.2) is 42.0 Å². The summed E-state index contributed by atoms with van der Waals surface area (Å²) in [6.07, 6.45) is 6.97. The monoisotopic (exact) mass is 602 g/mol. The highest BCUT2D eigenvalue weighted by molar-refractivity contribution is 6.77. The molecular weight excluding hydrogens is 545 g/mol. The lowest BCUT2D eigenvalue weighted by molar-refractivity contribution is -0.127. The van der Waals surface area contributed by atoms with Crippen molar-refractivity contribution in [2.45, 2.75) is 149 Å². The number of esters is 1. The van der Waals surface area contributed by atoms with E-state index < -0.39 is 22.4 Å². The fourth-order valence-electron chi connectivity index (χ4n) is 5.86. The zero-order valence-electron chi connectivity index (χ0n) is 28.6. The van der Waals surface area contributed by atoms with Crippen molar-refractivity contribution in [3.8, 4) is 5.75 Å². The molecule has 0 bridgehead atoms. The maximum Gasteiger partial charge on any atom is 0.345 e. The number of carbonyl (C=O) groups is 1. The molecule has 0 saturated heterocycles. The highest BCUT2D eigenvalue weighted by Gasteiger charge is 2.46. The molecule has 0 amide bonds. The second-order valence-corrected chi connectivity index (χ2v) is 24.8. The molecule has 41 heavy (non-hydrogen) atoms. The topological polar surface area (TPSA) is 54.0 Å². The standard InChI is InChI=1S/C34H58O5Si2/c1-23(2)41(24(3)4,25(5)6)39-29(22-20-27(8)38-40(14,15)33(9,10)11)26(7)19-21-28-17-16-18-30-31(28)32(35)37-34(12,13)36-30/h16-20,22-25,27,29H,21H2,1-15H3/b22-20+,26-19-/t27-,29?/m0/s1. The van der Waals surface area contributed by atoms with Crippen molar-refractivity contribution in [2.24, 2.45) is 0 Å². The van der Waals surface area contributed by atoms with E-state index in [1.165, 1.54) is 0 Å². The SMILES string of the molecule is C/C(=C/Cc1cccc2c1C(=O)OC(C)(C)O2)C(/C=C/[C@H](C)O[Si](C)(C)C(C)(C)C)O[Si](C(C)C)(C(C)C)C(C)C. The molecule has 0 N–H and O–H groups in total. The van der Waals surface area contributed by atoms with Gasteiger partial charge in [-0.25, -0.2) is 4.79 Å². The molecule has 1 aliphatic heterocycles. The lowest BCUT2D eigenvalue weighted by atomic mass is 10.00. The molecular formula is C34H58O5Si2. The van der Waals surface area contributed by atoms with Crippen molar-refractivity contribution in [1.82, 2.24) is 0 Å². The maximum absolute atomic E-state index is 12.9. The fourth-order valence-corrected chi connectivity index (χ4v) is 12.7. The van der Waals surface area contributed by atoms with E-state index in [0.717, 1.165) is 11.1 Å². The average molecular weight is 603 g/mol. The van der Waals surface area contributed by atoms with Gasteiger partial charge in [0.2, 0.25) is 14.1 Å². The van der Waals surface area contributed by atoms with Gasteiger partial charge in [0, 0.05) is 13.8 Å². The molecule has 0 saturated carbocycles. The van der Waals surface area contributed by atoms with Crippen LogP contribution >= 0.6 is 0 Å². The molecule has 1 aliphatic rings. The number of carbonyl (C=O) groups excluding carboxylic acids is 1. The van der Waals surface area contributed by atoms with E-state index in [9.17, 15) is 4.79 Å². The smallest absolute Gasteiger partial charge is 0.345 e. The van der Waals surface area contributed by atoms with E-state index >= 15 is 0 Å². The average Bonchev–Trinajstić information content (AvgIpc) is 2.79. The molecule has 1 aromatic carbocycles. The van der Waals surface area contributed by atoms with Crippen LogP contribution in [0.5, 0.6) is 5.75 Å². The van der Waals surface area contributed by atoms with Crippen molar-refractivity contribution < 1.29 is 23.1 Å². The van der Waals surface area contributed by atoms with Gasteiger partial charge in [0.25, 0.3) is 0 Å². The number of fused-ring (bicyclic) bond motifs is 1. The van der Waals surface area contributed by atoms with E-state index in [2.05, 4.69) is 107 Å². The van der Waals surface area contributed by atoms with Crippen LogP contribution in [-0.2, 0) is 20.0 Å². The first-order valence-corrected chi connectivity index (χ1v) is 20.4. The van der Waals surface area contributed by atoms with Gasteiger partial charge in [-0.15, -0.1) is 0 Å². The predicted molar refractivity (Wildman–Crippen MR) is 177 cm³/mol. The Balaban J connectivity index is 2.47. The molecule has 0 radical (unpaired) electrons. The zero-order chi connectivity index (χ0) is 31.6. The zero-order valence-corrected chi connectivity index (χ0v) is 30.6. The van der Waals surface area contributed by atoms with E-state index in [0.29, 0.717) is 34.4 Å². The second-order valence-electron chi connectivity index (χ2n) is 14.7. The molecule has 1 aromatic rings. The van der Waals surface area contributed by atoms with Gasteiger partial charge >= 0.3 is 5.97 Å². The summed E-state index contributed by atoms with van der Waals surface area (Å²) < 4.78 is 25.5. The second kappa shape index (κ2) is 13.3. The van der Waals surface area contributed by atoms with Gasteiger partial charge in [0.1, 0.15) is 11.3 Å². The predicted octanol–water partition coefficient (Wildman–Crippen LogP) is 9.99. The minimum atomic E-state index is -2.18. The highest BCUT2D eigenvalue weighted by atomic mass is 28.4. The Hall–Kier alpha value is -1.68. The van der Waals surface area contributed by atoms with Gasteiger partial charge in [-0.2, -0.15) is 0 Å². The van der Waals surface area contributed by atoms with Crippen LogP contribution in [0.25, 0.3) is 0 Å². The molecule has 0 spiro atoms. The first-order valence-electron chi connectivity index (χ1n) is 15.4. The first kappa shape index (κ1) is 35.5. The number of ether oxygens (including phenoxy) is 2. The number of rotatable bonds is 12. The molecule has 5 nitrogen and oxygen atoms in total. The van der Waals surface area contributed by atoms with Gasteiger partial charge < -0.3 is 18.3 Å². The van der Waals surface area contributed by atoms with Crippen molar-refractivity contribution in [1.29, 1.82) is 0 Å². The van der Waals surface area contributed by atoms with Gasteiger partial charge in [0.05, 0.1) is 12.2 Å². The minimum absolute atomic E-state index is 0.0144. The lowest BCUT2D eigenvalue weighted by Crippen LogP contribution is -2.50. The van der Waals surface area contributed by atoms with Crippen LogP contribution in [0.3, 0.4) is 0 Å². The summed E-state index contributed by atoms with van der Waals surface area (Å²) in [7, 11) is -4.09. The van der Waals surface area contributed by atoms with Gasteiger partial charge in [0.15, 0.2) is 8.32 Å². The Morgan fingerprint density at radius 3 is 2.00 bits per heavy atom. The molecule has 1 unspecified atom stereocenters. The number of hydrogen-bond acceptors (Lipinski definition) is 5. The Bertz CT molecular complexity index is 1090. The van der Waals surface area contributed by atoms with Crippen molar-refractivity contribution in [3.63, 3.8) is 0 Å². The molecule has 0 aliphatic carbocycles. The molecule has 0 fully saturated rings. The maximum atomic E-state index is 12.9. The largest absolute Gasteiger partial charge is 0.452 e. The number of cyclic esters (lactones) is 1. The first-order chi connectivity index (χ1) is 18.6. The Kier molecular flexibility index (Phi) is 11.5. The summed E-state index contributed by atoms with van der Waals surface area (Å²) >= 11 is 0. The molecule has 232 valence electrons. The van der Waals surface area contributed by atoms with Crippen molar-refractivity contribution >= 4 is 22.6 Å². The third-order valence-corrected chi connectivity index (χ3v) is 19.6. The van der Waals surface area contributed by atoms with E-state index in [1.807, 2.05) is 18.2 Å². The number of allylic oxidation sites excluding steroid dienone is 1. The van der Waals surface area contributed by atoms with Crippen LogP contribution in [-0.4, -0.2) is 40.6 Å². The Morgan fingerprint density at radius 2 is 1.49 bits per heavy atom. The molecule has 7 heteroatoms. The fraction of sp³-hybridized carbons (Fsp3) is 0.676. The van der Waals surface area contributed by atoms with Crippen LogP contribution in [0.2, 0.25) is 34.8 Å². The number of benzene rings is 1. The van der Waals surface area contributed by atoms with Crippen molar-refractivity contribution in [3.05, 3.63) is 53.1 Å². The Morgan fingerprint density at radius 1 is 0.927 bits per heavy atom. The summed E-state index contributed by atoms with van der Waals surface area (Å²) in [5.74, 6) is -0.738. The van der Waals surface area contributed by atoms with Gasteiger partial charge in [-0.3, -0.25) is 0 Å². The van der Waals surface area contributed by atoms with E-state index in [1.54, 1.807) is 13.8 Å². The number of hydrogen-bond donors (Lipinski definition) is 0. The summed E-state index contributed by atoms with van der Waals surface area (Å²) in [4.78, 5) is 12.9. The van der Waals surface area contributed by atoms with Gasteiger partial charge in [-0.05, 0) is 72.2 Å². The van der Waals surface area contributed by atoms with Crippen molar-refractivity contribution in [2.75, 3.05) is 0 Å². The van der Waals surface area contributed by atoms with Crippen LogP contribution in [0.4, 0.5) is 0 Å². The van der Waals surface area contributed by atoms with Crippen LogP contribution in [0, 0.1) is 0 Å². The highest BCUT2D eigenvalue weighted by Crippen LogP contribution is 2.44.